The van der Waals surface area contributed by atoms with Gasteiger partial charge >= 0.3 is 0 Å². The Kier molecular flexibility index (Phi) is 7.11. The van der Waals surface area contributed by atoms with Crippen molar-refractivity contribution in [3.8, 4) is 0 Å². The lowest BCUT2D eigenvalue weighted by Crippen LogP contribution is -2.28. The van der Waals surface area contributed by atoms with Crippen LogP contribution < -0.4 is 5.32 Å². The van der Waals surface area contributed by atoms with Gasteiger partial charge in [0.2, 0.25) is 5.91 Å². The SMILES string of the molecule is CCCn1ccnc1CNC(=O)Cn1cnnn1.O=CO. The van der Waals surface area contributed by atoms with Crippen molar-refractivity contribution in [2.75, 3.05) is 0 Å². The number of hydrogen-bond donors (Lipinski definition) is 2. The summed E-state index contributed by atoms with van der Waals surface area (Å²) in [5, 5.41) is 20.2. The van der Waals surface area contributed by atoms with Crippen LogP contribution in [0.4, 0.5) is 0 Å². The molecule has 10 nitrogen and oxygen atoms in total. The Balaban J connectivity index is 0.000000677. The number of aromatic nitrogens is 6. The van der Waals surface area contributed by atoms with E-state index < -0.39 is 0 Å². The molecule has 0 aromatic carbocycles. The molecule has 10 heteroatoms. The Bertz CT molecular complexity index is 538. The molecule has 2 heterocycles. The quantitative estimate of drug-likeness (QED) is 0.674. The van der Waals surface area contributed by atoms with Gasteiger partial charge in [0.1, 0.15) is 18.7 Å². The highest BCUT2D eigenvalue weighted by Crippen LogP contribution is 1.98. The second-order valence-corrected chi connectivity index (χ2v) is 3.93. The Morgan fingerprint density at radius 3 is 2.90 bits per heavy atom. The second kappa shape index (κ2) is 9.18. The number of carbonyl (C=O) groups excluding carboxylic acids is 1. The molecule has 0 aliphatic rings. The number of aryl methyl sites for hydroxylation is 1. The Morgan fingerprint density at radius 1 is 1.52 bits per heavy atom. The minimum atomic E-state index is -0.250. The topological polar surface area (TPSA) is 128 Å². The van der Waals surface area contributed by atoms with Crippen LogP contribution in [0, 0.1) is 0 Å². The average molecular weight is 295 g/mol. The predicted octanol–water partition coefficient (Wildman–Crippen LogP) is -0.703. The van der Waals surface area contributed by atoms with Gasteiger partial charge in [-0.15, -0.1) is 5.10 Å². The van der Waals surface area contributed by atoms with Crippen LogP contribution in [0.1, 0.15) is 19.2 Å². The van der Waals surface area contributed by atoms with Crippen LogP contribution in [0.5, 0.6) is 0 Å². The van der Waals surface area contributed by atoms with Gasteiger partial charge in [-0.1, -0.05) is 6.92 Å². The summed E-state index contributed by atoms with van der Waals surface area (Å²) in [6.07, 6.45) is 6.07. The van der Waals surface area contributed by atoms with Crippen molar-refractivity contribution in [3.63, 3.8) is 0 Å². The van der Waals surface area contributed by atoms with Gasteiger partial charge in [0.15, 0.2) is 0 Å². The summed E-state index contributed by atoms with van der Waals surface area (Å²) in [5.41, 5.74) is 0. The van der Waals surface area contributed by atoms with E-state index in [0.717, 1.165) is 18.8 Å². The first-order chi connectivity index (χ1) is 10.2. The third-order valence-electron chi connectivity index (χ3n) is 2.41. The molecule has 0 fully saturated rings. The number of carbonyl (C=O) groups is 2. The molecule has 0 radical (unpaired) electrons. The van der Waals surface area contributed by atoms with Crippen LogP contribution in [0.15, 0.2) is 18.7 Å². The van der Waals surface area contributed by atoms with Crippen LogP contribution in [-0.4, -0.2) is 47.2 Å². The lowest BCUT2D eigenvalue weighted by atomic mass is 10.4. The zero-order valence-electron chi connectivity index (χ0n) is 11.6. The number of nitrogens with one attached hydrogen (secondary N) is 1. The summed E-state index contributed by atoms with van der Waals surface area (Å²) >= 11 is 0. The standard InChI is InChI=1S/C10H15N7O.CH2O2/c1-2-4-16-5-3-11-9(16)6-12-10(18)7-17-8-13-14-15-17;2-1-3/h3,5,8H,2,4,6-7H2,1H3,(H,12,18);1H,(H,2,3). The Labute approximate surface area is 120 Å². The molecule has 1 amide bonds. The van der Waals surface area contributed by atoms with Gasteiger partial charge in [-0.2, -0.15) is 0 Å². The molecule has 0 unspecified atom stereocenters. The smallest absolute Gasteiger partial charge is 0.290 e. The van der Waals surface area contributed by atoms with E-state index in [0.29, 0.717) is 6.54 Å². The van der Waals surface area contributed by atoms with Crippen molar-refractivity contribution < 1.29 is 14.7 Å². The molecule has 0 aliphatic carbocycles. The molecule has 0 saturated heterocycles. The molecule has 2 aromatic heterocycles. The van der Waals surface area contributed by atoms with Crippen LogP contribution in [0.25, 0.3) is 0 Å². The molecule has 0 aliphatic heterocycles. The average Bonchev–Trinajstić information content (AvgIpc) is 3.10. The van der Waals surface area contributed by atoms with Crippen LogP contribution >= 0.6 is 0 Å². The van der Waals surface area contributed by atoms with Gasteiger partial charge in [-0.05, 0) is 16.8 Å². The molecular formula is C11H17N7O3. The number of imidazole rings is 1. The zero-order valence-corrected chi connectivity index (χ0v) is 11.6. The number of hydrogen-bond acceptors (Lipinski definition) is 6. The van der Waals surface area contributed by atoms with E-state index >= 15 is 0 Å². The van der Waals surface area contributed by atoms with Gasteiger partial charge in [-0.3, -0.25) is 9.59 Å². The van der Waals surface area contributed by atoms with E-state index in [1.165, 1.54) is 11.0 Å². The predicted molar refractivity (Wildman–Crippen MR) is 70.9 cm³/mol. The van der Waals surface area contributed by atoms with Gasteiger partial charge in [0, 0.05) is 18.9 Å². The van der Waals surface area contributed by atoms with Crippen LogP contribution in [0.3, 0.4) is 0 Å². The van der Waals surface area contributed by atoms with E-state index in [4.69, 9.17) is 9.90 Å². The molecule has 21 heavy (non-hydrogen) atoms. The summed E-state index contributed by atoms with van der Waals surface area (Å²) in [5.74, 6) is 0.704. The summed E-state index contributed by atoms with van der Waals surface area (Å²) in [7, 11) is 0. The first-order valence-corrected chi connectivity index (χ1v) is 6.26. The summed E-state index contributed by atoms with van der Waals surface area (Å²) < 4.78 is 3.39. The maximum atomic E-state index is 11.6. The Hall–Kier alpha value is -2.78. The van der Waals surface area contributed by atoms with Crippen molar-refractivity contribution in [1.82, 2.24) is 35.1 Å². The maximum absolute atomic E-state index is 11.6. The van der Waals surface area contributed by atoms with Gasteiger partial charge in [0.25, 0.3) is 6.47 Å². The van der Waals surface area contributed by atoms with E-state index in [1.807, 2.05) is 10.8 Å². The minimum Gasteiger partial charge on any atom is -0.483 e. The molecule has 2 N–H and O–H groups in total. The molecular weight excluding hydrogens is 278 g/mol. The Morgan fingerprint density at radius 2 is 2.29 bits per heavy atom. The fourth-order valence-electron chi connectivity index (χ4n) is 1.59. The molecule has 2 rings (SSSR count). The number of carboxylic acid groups (broad SMARTS) is 1. The van der Waals surface area contributed by atoms with Crippen molar-refractivity contribution in [2.45, 2.75) is 33.0 Å². The fourth-order valence-corrected chi connectivity index (χ4v) is 1.59. The van der Waals surface area contributed by atoms with E-state index in [9.17, 15) is 4.79 Å². The van der Waals surface area contributed by atoms with Gasteiger partial charge < -0.3 is 15.0 Å². The van der Waals surface area contributed by atoms with E-state index in [-0.39, 0.29) is 18.9 Å². The molecule has 0 bridgehead atoms. The third kappa shape index (κ3) is 5.80. The third-order valence-corrected chi connectivity index (χ3v) is 2.41. The largest absolute Gasteiger partial charge is 0.483 e. The van der Waals surface area contributed by atoms with Crippen LogP contribution in [0.2, 0.25) is 0 Å². The summed E-state index contributed by atoms with van der Waals surface area (Å²) in [6.45, 7) is 3.27. The zero-order chi connectivity index (χ0) is 15.5. The highest BCUT2D eigenvalue weighted by atomic mass is 16.3. The fraction of sp³-hybridized carbons (Fsp3) is 0.455. The van der Waals surface area contributed by atoms with Crippen molar-refractivity contribution in [1.29, 1.82) is 0 Å². The lowest BCUT2D eigenvalue weighted by Gasteiger charge is -2.07. The van der Waals surface area contributed by atoms with Gasteiger partial charge in [-0.25, -0.2) is 9.67 Å². The highest BCUT2D eigenvalue weighted by molar-refractivity contribution is 5.75. The molecule has 114 valence electrons. The van der Waals surface area contributed by atoms with Crippen molar-refractivity contribution in [2.24, 2.45) is 0 Å². The lowest BCUT2D eigenvalue weighted by molar-refractivity contribution is -0.123. The maximum Gasteiger partial charge on any atom is 0.290 e. The monoisotopic (exact) mass is 295 g/mol. The highest BCUT2D eigenvalue weighted by Gasteiger charge is 2.06. The first-order valence-electron chi connectivity index (χ1n) is 6.26. The van der Waals surface area contributed by atoms with E-state index in [2.05, 4.69) is 32.7 Å². The van der Waals surface area contributed by atoms with Crippen molar-refractivity contribution in [3.05, 3.63) is 24.5 Å². The molecule has 0 saturated carbocycles. The van der Waals surface area contributed by atoms with E-state index in [1.54, 1.807) is 6.20 Å². The molecule has 2 aromatic rings. The minimum absolute atomic E-state index is 0.113. The van der Waals surface area contributed by atoms with Crippen molar-refractivity contribution >= 4 is 12.4 Å². The number of rotatable bonds is 6. The van der Waals surface area contributed by atoms with Crippen LogP contribution in [-0.2, 0) is 29.2 Å². The molecule has 0 atom stereocenters. The number of tetrazole rings is 1. The second-order valence-electron chi connectivity index (χ2n) is 3.93. The number of amides is 1. The molecule has 0 spiro atoms. The summed E-state index contributed by atoms with van der Waals surface area (Å²) in [6, 6.07) is 0. The summed E-state index contributed by atoms with van der Waals surface area (Å²) in [4.78, 5) is 24.2. The van der Waals surface area contributed by atoms with Gasteiger partial charge in [0.05, 0.1) is 6.54 Å². The first kappa shape index (κ1) is 16.3. The number of nitrogens with zero attached hydrogens (tertiary/aromatic N) is 6. The normalized spacial score (nSPS) is 9.57.